The molecule has 0 aromatic heterocycles. The Balaban J connectivity index is 2.38. The van der Waals surface area contributed by atoms with Crippen LogP contribution in [0.2, 0.25) is 5.02 Å². The van der Waals surface area contributed by atoms with Crippen molar-refractivity contribution in [1.29, 1.82) is 0 Å². The highest BCUT2D eigenvalue weighted by atomic mass is 35.5. The second-order valence-corrected chi connectivity index (χ2v) is 6.64. The molecular formula is C16H17ClF6N2O. The summed E-state index contributed by atoms with van der Waals surface area (Å²) in [6, 6.07) is 4.23. The molecular weight excluding hydrogens is 386 g/mol. The highest BCUT2D eigenvalue weighted by Crippen LogP contribution is 2.44. The summed E-state index contributed by atoms with van der Waals surface area (Å²) in [6.07, 6.45) is -9.14. The monoisotopic (exact) mass is 402 g/mol. The highest BCUT2D eigenvalue weighted by molar-refractivity contribution is 6.30. The molecule has 1 amide bonds. The lowest BCUT2D eigenvalue weighted by Gasteiger charge is -2.40. The fourth-order valence-electron chi connectivity index (χ4n) is 2.88. The predicted molar refractivity (Wildman–Crippen MR) is 84.6 cm³/mol. The fourth-order valence-corrected chi connectivity index (χ4v) is 3.00. The number of alkyl halides is 6. The van der Waals surface area contributed by atoms with Gasteiger partial charge in [0.15, 0.2) is 0 Å². The van der Waals surface area contributed by atoms with Crippen LogP contribution in [0, 0.1) is 5.92 Å². The van der Waals surface area contributed by atoms with Gasteiger partial charge in [-0.3, -0.25) is 4.79 Å². The van der Waals surface area contributed by atoms with E-state index < -0.39 is 35.5 Å². The normalized spacial score (nSPS) is 17.0. The largest absolute Gasteiger partial charge is 0.439 e. The summed E-state index contributed by atoms with van der Waals surface area (Å²) in [4.78, 5) is 12.2. The standard InChI is InChI=1S/C16H17ClF6N2O/c17-11-6-8-12(9-7-11)24-14(15(18,19)20,16(21,22)23)25-13(26)10-4-2-1-3-5-10/h6-10,24H,1-5H2,(H,25,26). The zero-order chi connectivity index (χ0) is 19.6. The smallest absolute Gasteiger partial charge is 0.348 e. The Kier molecular flexibility index (Phi) is 5.99. The second-order valence-electron chi connectivity index (χ2n) is 6.20. The number of hydrogen-bond donors (Lipinski definition) is 2. The van der Waals surface area contributed by atoms with Crippen LogP contribution >= 0.6 is 11.6 Å². The van der Waals surface area contributed by atoms with Crippen LogP contribution in [0.4, 0.5) is 32.0 Å². The lowest BCUT2D eigenvalue weighted by molar-refractivity contribution is -0.296. The van der Waals surface area contributed by atoms with Gasteiger partial charge in [-0.25, -0.2) is 0 Å². The molecule has 10 heteroatoms. The first-order valence-electron chi connectivity index (χ1n) is 7.95. The summed E-state index contributed by atoms with van der Waals surface area (Å²) in [5, 5.41) is 2.78. The van der Waals surface area contributed by atoms with Gasteiger partial charge in [-0.15, -0.1) is 0 Å². The molecule has 0 heterocycles. The maximum absolute atomic E-state index is 13.5. The molecule has 1 aromatic rings. The number of carbonyl (C=O) groups is 1. The van der Waals surface area contributed by atoms with Gasteiger partial charge in [0, 0.05) is 16.6 Å². The van der Waals surface area contributed by atoms with E-state index >= 15 is 0 Å². The third-order valence-electron chi connectivity index (χ3n) is 4.31. The molecule has 1 aliphatic carbocycles. The van der Waals surface area contributed by atoms with Crippen molar-refractivity contribution >= 4 is 23.2 Å². The third-order valence-corrected chi connectivity index (χ3v) is 4.57. The number of anilines is 1. The van der Waals surface area contributed by atoms with Crippen molar-refractivity contribution < 1.29 is 31.1 Å². The Bertz CT molecular complexity index is 609. The molecule has 26 heavy (non-hydrogen) atoms. The molecule has 1 saturated carbocycles. The number of amides is 1. The minimum Gasteiger partial charge on any atom is -0.348 e. The Morgan fingerprint density at radius 1 is 0.923 bits per heavy atom. The number of hydrogen-bond acceptors (Lipinski definition) is 2. The molecule has 0 atom stereocenters. The number of nitrogens with one attached hydrogen (secondary N) is 2. The fraction of sp³-hybridized carbons (Fsp3) is 0.562. The first-order valence-corrected chi connectivity index (χ1v) is 8.33. The highest BCUT2D eigenvalue weighted by Gasteiger charge is 2.72. The molecule has 0 unspecified atom stereocenters. The summed E-state index contributed by atoms with van der Waals surface area (Å²) >= 11 is 5.61. The molecule has 3 nitrogen and oxygen atoms in total. The van der Waals surface area contributed by atoms with Gasteiger partial charge >= 0.3 is 18.0 Å². The van der Waals surface area contributed by atoms with E-state index in [9.17, 15) is 31.1 Å². The van der Waals surface area contributed by atoms with Crippen molar-refractivity contribution in [3.8, 4) is 0 Å². The van der Waals surface area contributed by atoms with Gasteiger partial charge in [0.25, 0.3) is 0 Å². The molecule has 2 rings (SSSR count). The van der Waals surface area contributed by atoms with Crippen LogP contribution in [0.15, 0.2) is 24.3 Å². The Labute approximate surface area is 151 Å². The van der Waals surface area contributed by atoms with Crippen molar-refractivity contribution in [3.05, 3.63) is 29.3 Å². The predicted octanol–water partition coefficient (Wildman–Crippen LogP) is 5.27. The minimum absolute atomic E-state index is 0.145. The quantitative estimate of drug-likeness (QED) is 0.532. The molecule has 1 fully saturated rings. The minimum atomic E-state index is -5.82. The molecule has 146 valence electrons. The molecule has 0 spiro atoms. The van der Waals surface area contributed by atoms with E-state index in [2.05, 4.69) is 0 Å². The van der Waals surface area contributed by atoms with Gasteiger partial charge in [0.2, 0.25) is 5.91 Å². The van der Waals surface area contributed by atoms with Gasteiger partial charge in [0.1, 0.15) is 0 Å². The lowest BCUT2D eigenvalue weighted by Crippen LogP contribution is -2.72. The van der Waals surface area contributed by atoms with Crippen LogP contribution in [-0.4, -0.2) is 23.9 Å². The molecule has 0 saturated heterocycles. The molecule has 0 aliphatic heterocycles. The van der Waals surface area contributed by atoms with Crippen LogP contribution in [-0.2, 0) is 4.79 Å². The van der Waals surface area contributed by atoms with Gasteiger partial charge in [-0.2, -0.15) is 26.3 Å². The summed E-state index contributed by atoms with van der Waals surface area (Å²) in [7, 11) is 0. The molecule has 2 N–H and O–H groups in total. The maximum Gasteiger partial charge on any atom is 0.439 e. The number of benzene rings is 1. The van der Waals surface area contributed by atoms with Gasteiger partial charge in [-0.05, 0) is 37.1 Å². The van der Waals surface area contributed by atoms with Crippen molar-refractivity contribution in [3.63, 3.8) is 0 Å². The molecule has 1 aromatic carbocycles. The molecule has 1 aliphatic rings. The second kappa shape index (κ2) is 7.54. The van der Waals surface area contributed by atoms with E-state index in [1.807, 2.05) is 0 Å². The van der Waals surface area contributed by atoms with E-state index in [1.54, 1.807) is 0 Å². The van der Waals surface area contributed by atoms with Crippen LogP contribution in [0.25, 0.3) is 0 Å². The number of rotatable bonds is 4. The van der Waals surface area contributed by atoms with Crippen LogP contribution in [0.5, 0.6) is 0 Å². The summed E-state index contributed by atoms with van der Waals surface area (Å²) < 4.78 is 81.2. The van der Waals surface area contributed by atoms with Gasteiger partial charge in [-0.1, -0.05) is 30.9 Å². The van der Waals surface area contributed by atoms with E-state index in [4.69, 9.17) is 11.6 Å². The zero-order valence-electron chi connectivity index (χ0n) is 13.5. The summed E-state index contributed by atoms with van der Waals surface area (Å²) in [6.45, 7) is 0. The first-order chi connectivity index (χ1) is 12.0. The Morgan fingerprint density at radius 2 is 1.42 bits per heavy atom. The van der Waals surface area contributed by atoms with E-state index in [0.29, 0.717) is 12.8 Å². The topological polar surface area (TPSA) is 41.1 Å². The third kappa shape index (κ3) is 4.36. The number of halogens is 7. The van der Waals surface area contributed by atoms with Crippen LogP contribution in [0.3, 0.4) is 0 Å². The van der Waals surface area contributed by atoms with Crippen molar-refractivity contribution in [1.82, 2.24) is 5.32 Å². The van der Waals surface area contributed by atoms with Crippen LogP contribution in [0.1, 0.15) is 32.1 Å². The summed E-state index contributed by atoms with van der Waals surface area (Å²) in [5.41, 5.74) is -5.07. The van der Waals surface area contributed by atoms with E-state index in [1.165, 1.54) is 10.6 Å². The van der Waals surface area contributed by atoms with Crippen molar-refractivity contribution in [2.24, 2.45) is 5.92 Å². The lowest BCUT2D eigenvalue weighted by atomic mass is 9.88. The SMILES string of the molecule is O=C(NC(Nc1ccc(Cl)cc1)(C(F)(F)F)C(F)(F)F)C1CCCCC1. The van der Waals surface area contributed by atoms with Crippen LogP contribution < -0.4 is 10.6 Å². The van der Waals surface area contributed by atoms with Crippen molar-refractivity contribution in [2.45, 2.75) is 50.1 Å². The van der Waals surface area contributed by atoms with Gasteiger partial charge in [0.05, 0.1) is 0 Å². The van der Waals surface area contributed by atoms with Crippen molar-refractivity contribution in [2.75, 3.05) is 5.32 Å². The first kappa shape index (κ1) is 20.7. The zero-order valence-corrected chi connectivity index (χ0v) is 14.2. The van der Waals surface area contributed by atoms with E-state index in [-0.39, 0.29) is 17.9 Å². The number of carbonyl (C=O) groups excluding carboxylic acids is 1. The Morgan fingerprint density at radius 3 is 1.88 bits per heavy atom. The van der Waals surface area contributed by atoms with E-state index in [0.717, 1.165) is 30.7 Å². The average molecular weight is 403 g/mol. The molecule has 0 bridgehead atoms. The van der Waals surface area contributed by atoms with Gasteiger partial charge < -0.3 is 10.6 Å². The average Bonchev–Trinajstić information content (AvgIpc) is 2.54. The maximum atomic E-state index is 13.5. The summed E-state index contributed by atoms with van der Waals surface area (Å²) in [5.74, 6) is -2.14. The molecule has 0 radical (unpaired) electrons. The Hall–Kier alpha value is -1.64.